The van der Waals surface area contributed by atoms with E-state index >= 15 is 0 Å². The molecule has 0 aliphatic carbocycles. The second-order valence-electron chi connectivity index (χ2n) is 5.16. The van der Waals surface area contributed by atoms with E-state index < -0.39 is 12.0 Å². The Hall–Kier alpha value is -2.63. The largest absolute Gasteiger partial charge is 0.480 e. The molecule has 1 amide bonds. The van der Waals surface area contributed by atoms with Crippen LogP contribution in [0.25, 0.3) is 0 Å². The molecular weight excluding hydrogens is 270 g/mol. The van der Waals surface area contributed by atoms with Crippen LogP contribution in [0.5, 0.6) is 0 Å². The molecule has 1 aliphatic heterocycles. The molecule has 1 N–H and O–H groups in total. The molecule has 6 nitrogen and oxygen atoms in total. The lowest BCUT2D eigenvalue weighted by molar-refractivity contribution is -0.142. The summed E-state index contributed by atoms with van der Waals surface area (Å²) >= 11 is 0. The Labute approximate surface area is 121 Å². The molecule has 0 saturated carbocycles. The van der Waals surface area contributed by atoms with E-state index in [0.717, 1.165) is 11.1 Å². The van der Waals surface area contributed by atoms with Gasteiger partial charge in [-0.05, 0) is 11.1 Å². The zero-order valence-electron chi connectivity index (χ0n) is 11.6. The number of carboxylic acid groups (broad SMARTS) is 1. The van der Waals surface area contributed by atoms with E-state index in [1.807, 2.05) is 24.3 Å². The molecule has 1 aromatic carbocycles. The number of rotatable bonds is 2. The molecule has 6 heteroatoms. The molecular formula is C15H15N3O3. The van der Waals surface area contributed by atoms with Crippen molar-refractivity contribution in [2.45, 2.75) is 19.0 Å². The lowest BCUT2D eigenvalue weighted by atomic mass is 9.93. The van der Waals surface area contributed by atoms with Crippen molar-refractivity contribution in [3.05, 3.63) is 53.3 Å². The number of aromatic nitrogens is 2. The fraction of sp³-hybridized carbons (Fsp3) is 0.267. The third-order valence-corrected chi connectivity index (χ3v) is 3.75. The van der Waals surface area contributed by atoms with Crippen LogP contribution in [0.3, 0.4) is 0 Å². The first-order chi connectivity index (χ1) is 10.1. The number of nitrogens with zero attached hydrogens (tertiary/aromatic N) is 3. The van der Waals surface area contributed by atoms with Crippen molar-refractivity contribution in [3.8, 4) is 0 Å². The number of fused-ring (bicyclic) bond motifs is 1. The van der Waals surface area contributed by atoms with Crippen LogP contribution in [0, 0.1) is 0 Å². The normalized spacial score (nSPS) is 17.4. The highest BCUT2D eigenvalue weighted by atomic mass is 16.4. The number of benzene rings is 1. The fourth-order valence-electron chi connectivity index (χ4n) is 2.65. The number of carbonyl (C=O) groups excluding carboxylic acids is 1. The molecule has 108 valence electrons. The van der Waals surface area contributed by atoms with Crippen LogP contribution in [0.4, 0.5) is 0 Å². The minimum absolute atomic E-state index is 0.301. The van der Waals surface area contributed by atoms with Gasteiger partial charge in [-0.15, -0.1) is 0 Å². The van der Waals surface area contributed by atoms with Crippen molar-refractivity contribution in [2.75, 3.05) is 0 Å². The highest BCUT2D eigenvalue weighted by Crippen LogP contribution is 2.25. The number of hydrogen-bond acceptors (Lipinski definition) is 3. The number of amides is 1. The molecule has 0 spiro atoms. The van der Waals surface area contributed by atoms with Crippen molar-refractivity contribution >= 4 is 11.9 Å². The van der Waals surface area contributed by atoms with E-state index in [0.29, 0.717) is 18.5 Å². The maximum Gasteiger partial charge on any atom is 0.326 e. The van der Waals surface area contributed by atoms with Gasteiger partial charge < -0.3 is 10.0 Å². The number of aliphatic carboxylic acids is 1. The summed E-state index contributed by atoms with van der Waals surface area (Å²) in [6.45, 7) is 0.306. The van der Waals surface area contributed by atoms with Crippen molar-refractivity contribution in [1.29, 1.82) is 0 Å². The van der Waals surface area contributed by atoms with Crippen molar-refractivity contribution in [1.82, 2.24) is 14.7 Å². The quantitative estimate of drug-likeness (QED) is 0.895. The fourth-order valence-corrected chi connectivity index (χ4v) is 2.65. The summed E-state index contributed by atoms with van der Waals surface area (Å²) in [7, 11) is 1.72. The first kappa shape index (κ1) is 13.4. The Morgan fingerprint density at radius 3 is 2.62 bits per heavy atom. The number of hydrogen-bond donors (Lipinski definition) is 1. The van der Waals surface area contributed by atoms with Gasteiger partial charge in [-0.2, -0.15) is 5.10 Å². The third-order valence-electron chi connectivity index (χ3n) is 3.75. The van der Waals surface area contributed by atoms with Gasteiger partial charge in [-0.25, -0.2) is 4.79 Å². The second-order valence-corrected chi connectivity index (χ2v) is 5.16. The standard InChI is InChI=1S/C15H15N3O3/c1-17-8-12(7-16-17)14(19)18-9-11-5-3-2-4-10(11)6-13(18)15(20)21/h2-5,7-8,13H,6,9H2,1H3,(H,20,21)/t13-/m1/s1. The zero-order chi connectivity index (χ0) is 15.0. The van der Waals surface area contributed by atoms with Crippen molar-refractivity contribution in [3.63, 3.8) is 0 Å². The van der Waals surface area contributed by atoms with Gasteiger partial charge in [0.15, 0.2) is 0 Å². The summed E-state index contributed by atoms with van der Waals surface area (Å²) in [5.74, 6) is -1.29. The lowest BCUT2D eigenvalue weighted by Gasteiger charge is -2.34. The van der Waals surface area contributed by atoms with Gasteiger partial charge in [0, 0.05) is 26.2 Å². The summed E-state index contributed by atoms with van der Waals surface area (Å²) in [6.07, 6.45) is 3.39. The summed E-state index contributed by atoms with van der Waals surface area (Å²) < 4.78 is 1.53. The molecule has 0 fully saturated rings. The van der Waals surface area contributed by atoms with Crippen LogP contribution in [-0.2, 0) is 24.8 Å². The summed E-state index contributed by atoms with van der Waals surface area (Å²) in [6, 6.07) is 6.78. The minimum Gasteiger partial charge on any atom is -0.480 e. The third kappa shape index (κ3) is 2.40. The molecule has 1 atom stereocenters. The summed E-state index contributed by atoms with van der Waals surface area (Å²) in [5.41, 5.74) is 2.38. The first-order valence-electron chi connectivity index (χ1n) is 6.65. The van der Waals surface area contributed by atoms with Gasteiger partial charge in [-0.1, -0.05) is 24.3 Å². The molecule has 0 saturated heterocycles. The Morgan fingerprint density at radius 1 is 1.29 bits per heavy atom. The molecule has 0 bridgehead atoms. The minimum atomic E-state index is -0.984. The molecule has 1 aliphatic rings. The van der Waals surface area contributed by atoms with E-state index in [9.17, 15) is 14.7 Å². The average molecular weight is 285 g/mol. The maximum atomic E-state index is 12.5. The van der Waals surface area contributed by atoms with Crippen LogP contribution >= 0.6 is 0 Å². The SMILES string of the molecule is Cn1cc(C(=O)N2Cc3ccccc3C[C@@H]2C(=O)O)cn1. The van der Waals surface area contributed by atoms with Gasteiger partial charge in [-0.3, -0.25) is 9.48 Å². The lowest BCUT2D eigenvalue weighted by Crippen LogP contribution is -2.48. The Kier molecular flexibility index (Phi) is 3.21. The smallest absolute Gasteiger partial charge is 0.326 e. The predicted molar refractivity (Wildman–Crippen MR) is 74.7 cm³/mol. The first-order valence-corrected chi connectivity index (χ1v) is 6.65. The molecule has 2 heterocycles. The van der Waals surface area contributed by atoms with Crippen LogP contribution < -0.4 is 0 Å². The van der Waals surface area contributed by atoms with E-state index in [2.05, 4.69) is 5.10 Å². The predicted octanol–water partition coefficient (Wildman–Crippen LogP) is 1.07. The van der Waals surface area contributed by atoms with Gasteiger partial charge in [0.2, 0.25) is 0 Å². The van der Waals surface area contributed by atoms with Gasteiger partial charge in [0.05, 0.1) is 11.8 Å². The van der Waals surface area contributed by atoms with E-state index in [4.69, 9.17) is 0 Å². The molecule has 2 aromatic rings. The van der Waals surface area contributed by atoms with Crippen molar-refractivity contribution < 1.29 is 14.7 Å². The molecule has 3 rings (SSSR count). The molecule has 1 aromatic heterocycles. The highest BCUT2D eigenvalue weighted by Gasteiger charge is 2.35. The topological polar surface area (TPSA) is 75.4 Å². The van der Waals surface area contributed by atoms with E-state index in [1.54, 1.807) is 13.2 Å². The van der Waals surface area contributed by atoms with Crippen LogP contribution in [0.2, 0.25) is 0 Å². The molecule has 21 heavy (non-hydrogen) atoms. The Morgan fingerprint density at radius 2 is 2.00 bits per heavy atom. The Balaban J connectivity index is 1.96. The molecule has 0 radical (unpaired) electrons. The highest BCUT2D eigenvalue weighted by molar-refractivity contribution is 5.96. The molecule has 0 unspecified atom stereocenters. The van der Waals surface area contributed by atoms with Crippen LogP contribution in [0.15, 0.2) is 36.7 Å². The van der Waals surface area contributed by atoms with Crippen LogP contribution in [-0.4, -0.2) is 37.7 Å². The summed E-state index contributed by atoms with van der Waals surface area (Å²) in [4.78, 5) is 25.5. The van der Waals surface area contributed by atoms with Crippen LogP contribution in [0.1, 0.15) is 21.5 Å². The number of carboxylic acids is 1. The number of carbonyl (C=O) groups is 2. The van der Waals surface area contributed by atoms with Gasteiger partial charge in [0.25, 0.3) is 5.91 Å². The summed E-state index contributed by atoms with van der Waals surface area (Å²) in [5, 5.41) is 13.4. The zero-order valence-corrected chi connectivity index (χ0v) is 11.6. The second kappa shape index (κ2) is 5.05. The van der Waals surface area contributed by atoms with E-state index in [-0.39, 0.29) is 5.91 Å². The van der Waals surface area contributed by atoms with Gasteiger partial charge >= 0.3 is 5.97 Å². The number of aryl methyl sites for hydroxylation is 1. The van der Waals surface area contributed by atoms with Crippen molar-refractivity contribution in [2.24, 2.45) is 7.05 Å². The monoisotopic (exact) mass is 285 g/mol. The van der Waals surface area contributed by atoms with E-state index in [1.165, 1.54) is 15.8 Å². The average Bonchev–Trinajstić information content (AvgIpc) is 2.91. The Bertz CT molecular complexity index is 708. The maximum absolute atomic E-state index is 12.5. The van der Waals surface area contributed by atoms with Gasteiger partial charge in [0.1, 0.15) is 6.04 Å².